The van der Waals surface area contributed by atoms with Gasteiger partial charge in [-0.2, -0.15) is 52.7 Å². The molecule has 0 aromatic heterocycles. The number of hydrogen-bond acceptors (Lipinski definition) is 4. The molecular formula is C15H28F12O4Si4. The van der Waals surface area contributed by atoms with Crippen LogP contribution in [0.1, 0.15) is 19.3 Å². The molecule has 0 radical (unpaired) electrons. The first kappa shape index (κ1) is 34.9. The van der Waals surface area contributed by atoms with Crippen molar-refractivity contribution in [1.82, 2.24) is 0 Å². The Hall–Kier alpha value is -0.132. The Bertz CT molecular complexity index is 681. The summed E-state index contributed by atoms with van der Waals surface area (Å²) in [6.07, 6.45) is -19.4. The van der Waals surface area contributed by atoms with Gasteiger partial charge in [0.25, 0.3) is 8.32 Å². The maximum atomic E-state index is 13.4. The molecule has 20 heteroatoms. The highest BCUT2D eigenvalue weighted by molar-refractivity contribution is 6.89. The van der Waals surface area contributed by atoms with Crippen molar-refractivity contribution in [1.29, 1.82) is 0 Å². The second-order valence-corrected chi connectivity index (χ2v) is 23.5. The SMILES string of the molecule is C[Si](O)(CCC(F)(F)F)O[Si](C)(CCC(F)(F)F)O[Si](C)(CCC(F)(F)F)O[Si](C)(C)C(F)(F)F. The zero-order valence-electron chi connectivity index (χ0n) is 19.5. The van der Waals surface area contributed by atoms with E-state index in [1.54, 1.807) is 0 Å². The normalized spacial score (nSPS) is 19.7. The van der Waals surface area contributed by atoms with Gasteiger partial charge in [-0.25, -0.2) is 0 Å². The summed E-state index contributed by atoms with van der Waals surface area (Å²) in [5.74, 6) is -4.97. The first-order valence-corrected chi connectivity index (χ1v) is 20.6. The Labute approximate surface area is 198 Å². The second kappa shape index (κ2) is 11.3. The summed E-state index contributed by atoms with van der Waals surface area (Å²) in [6.45, 7) is 3.74. The van der Waals surface area contributed by atoms with E-state index in [1.165, 1.54) is 0 Å². The van der Waals surface area contributed by atoms with E-state index in [-0.39, 0.29) is 0 Å². The zero-order valence-corrected chi connectivity index (χ0v) is 23.5. The first-order chi connectivity index (χ1) is 15.0. The molecule has 35 heavy (non-hydrogen) atoms. The summed E-state index contributed by atoms with van der Waals surface area (Å²) in [5.41, 5.74) is 0. The first-order valence-electron chi connectivity index (χ1n) is 10.1. The van der Waals surface area contributed by atoms with Crippen LogP contribution < -0.4 is 0 Å². The molecule has 0 saturated carbocycles. The molecule has 0 aliphatic carbocycles. The monoisotopic (exact) mass is 612 g/mol. The average molecular weight is 613 g/mol. The predicted octanol–water partition coefficient (Wildman–Crippen LogP) is 7.41. The minimum Gasteiger partial charge on any atom is -0.429 e. The highest BCUT2D eigenvalue weighted by atomic mass is 28.5. The molecule has 0 heterocycles. The van der Waals surface area contributed by atoms with E-state index in [4.69, 9.17) is 12.3 Å². The van der Waals surface area contributed by atoms with Crippen molar-refractivity contribution in [3.8, 4) is 0 Å². The van der Waals surface area contributed by atoms with E-state index in [0.717, 1.165) is 19.6 Å². The number of alkyl halides is 12. The molecule has 0 bridgehead atoms. The molecule has 0 aliphatic heterocycles. The molecule has 1 N–H and O–H groups in total. The highest BCUT2D eigenvalue weighted by Crippen LogP contribution is 2.39. The summed E-state index contributed by atoms with van der Waals surface area (Å²) < 4.78 is 171. The van der Waals surface area contributed by atoms with E-state index in [0.29, 0.717) is 13.1 Å². The maximum absolute atomic E-state index is 13.4. The lowest BCUT2D eigenvalue weighted by atomic mass is 10.5. The molecule has 0 aliphatic rings. The quantitative estimate of drug-likeness (QED) is 0.184. The van der Waals surface area contributed by atoms with Gasteiger partial charge in [-0.3, -0.25) is 0 Å². The van der Waals surface area contributed by atoms with Crippen molar-refractivity contribution < 1.29 is 69.8 Å². The van der Waals surface area contributed by atoms with Crippen LogP contribution >= 0.6 is 0 Å². The number of rotatable bonds is 12. The van der Waals surface area contributed by atoms with Crippen LogP contribution in [-0.2, 0) is 12.3 Å². The second-order valence-electron chi connectivity index (χ2n) is 9.10. The summed E-state index contributed by atoms with van der Waals surface area (Å²) in [4.78, 5) is 10.4. The fraction of sp³-hybridized carbons (Fsp3) is 1.00. The van der Waals surface area contributed by atoms with Gasteiger partial charge in [-0.1, -0.05) is 0 Å². The minimum absolute atomic E-state index is 0.624. The van der Waals surface area contributed by atoms with Crippen molar-refractivity contribution in [3.05, 3.63) is 0 Å². The molecule has 4 nitrogen and oxygen atoms in total. The molecule has 3 unspecified atom stereocenters. The Morgan fingerprint density at radius 3 is 1.14 bits per heavy atom. The lowest BCUT2D eigenvalue weighted by Gasteiger charge is -2.43. The summed E-state index contributed by atoms with van der Waals surface area (Å²) in [5, 5.41) is 0. The molecule has 0 amide bonds. The van der Waals surface area contributed by atoms with Gasteiger partial charge in [0.05, 0.1) is 0 Å². The van der Waals surface area contributed by atoms with Crippen LogP contribution in [0.25, 0.3) is 0 Å². The Kier molecular flexibility index (Phi) is 11.3. The van der Waals surface area contributed by atoms with Crippen LogP contribution in [0.3, 0.4) is 0 Å². The molecule has 0 fully saturated rings. The van der Waals surface area contributed by atoms with Crippen LogP contribution in [0.4, 0.5) is 52.7 Å². The highest BCUT2D eigenvalue weighted by Gasteiger charge is 2.58. The third-order valence-electron chi connectivity index (χ3n) is 4.62. The minimum atomic E-state index is -4.97. The molecule has 0 aromatic carbocycles. The van der Waals surface area contributed by atoms with Gasteiger partial charge in [0.2, 0.25) is 0 Å². The number of hydrogen-bond donors (Lipinski definition) is 1. The Balaban J connectivity index is 6.22. The van der Waals surface area contributed by atoms with E-state index < -0.39 is 95.7 Å². The smallest absolute Gasteiger partial charge is 0.389 e. The topological polar surface area (TPSA) is 47.9 Å². The van der Waals surface area contributed by atoms with Crippen molar-refractivity contribution in [2.24, 2.45) is 0 Å². The molecular weight excluding hydrogens is 584 g/mol. The van der Waals surface area contributed by atoms with Gasteiger partial charge >= 0.3 is 50.0 Å². The molecule has 3 atom stereocenters. The van der Waals surface area contributed by atoms with Gasteiger partial charge < -0.3 is 17.1 Å². The van der Waals surface area contributed by atoms with Crippen LogP contribution in [0.2, 0.25) is 50.9 Å². The van der Waals surface area contributed by atoms with E-state index in [2.05, 4.69) is 0 Å². The van der Waals surface area contributed by atoms with Gasteiger partial charge in [0, 0.05) is 19.3 Å². The fourth-order valence-corrected chi connectivity index (χ4v) is 20.4. The van der Waals surface area contributed by atoms with Crippen LogP contribution in [0.15, 0.2) is 0 Å². The van der Waals surface area contributed by atoms with E-state index in [1.807, 2.05) is 0 Å². The van der Waals surface area contributed by atoms with Crippen LogP contribution in [-0.4, -0.2) is 63.1 Å². The van der Waals surface area contributed by atoms with E-state index in [9.17, 15) is 57.5 Å². The maximum Gasteiger partial charge on any atom is 0.389 e. The Morgan fingerprint density at radius 2 is 0.829 bits per heavy atom. The van der Waals surface area contributed by atoms with E-state index >= 15 is 0 Å². The van der Waals surface area contributed by atoms with Crippen molar-refractivity contribution >= 4 is 34.0 Å². The van der Waals surface area contributed by atoms with Crippen molar-refractivity contribution in [3.63, 3.8) is 0 Å². The molecule has 212 valence electrons. The van der Waals surface area contributed by atoms with Crippen LogP contribution in [0.5, 0.6) is 0 Å². The lowest BCUT2D eigenvalue weighted by Crippen LogP contribution is -2.62. The Morgan fingerprint density at radius 1 is 0.514 bits per heavy atom. The summed E-state index contributed by atoms with van der Waals surface area (Å²) >= 11 is 0. The number of halogens is 12. The third-order valence-corrected chi connectivity index (χ3v) is 20.2. The predicted molar refractivity (Wildman–Crippen MR) is 110 cm³/mol. The van der Waals surface area contributed by atoms with Gasteiger partial charge in [-0.15, -0.1) is 0 Å². The van der Waals surface area contributed by atoms with Crippen molar-refractivity contribution in [2.75, 3.05) is 0 Å². The summed E-state index contributed by atoms with van der Waals surface area (Å²) in [6, 6.07) is -3.25. The van der Waals surface area contributed by atoms with Crippen LogP contribution in [0, 0.1) is 0 Å². The fourth-order valence-electron chi connectivity index (χ4n) is 2.93. The lowest BCUT2D eigenvalue weighted by molar-refractivity contribution is -0.132. The van der Waals surface area contributed by atoms with Gasteiger partial charge in [0.1, 0.15) is 0 Å². The van der Waals surface area contributed by atoms with Crippen molar-refractivity contribution in [2.45, 2.75) is 94.5 Å². The zero-order chi connectivity index (χ0) is 28.4. The third kappa shape index (κ3) is 15.0. The standard InChI is InChI=1S/C15H28F12O4Si4/c1-32(2,15(25,26)27)29-34(4,10-7-13(19,20)21)31-35(5,11-8-14(22,23)24)30-33(3,28)9-6-12(16,17)18/h28H,6-11H2,1-5H3. The molecule has 0 rings (SSSR count). The molecule has 0 aromatic rings. The largest absolute Gasteiger partial charge is 0.429 e. The average Bonchev–Trinajstić information content (AvgIpc) is 2.53. The van der Waals surface area contributed by atoms with Gasteiger partial charge in [-0.05, 0) is 50.9 Å². The molecule has 0 saturated heterocycles. The van der Waals surface area contributed by atoms with Gasteiger partial charge in [0.15, 0.2) is 0 Å². The summed E-state index contributed by atoms with van der Waals surface area (Å²) in [7, 11) is -18.3. The molecule has 0 spiro atoms.